The van der Waals surface area contributed by atoms with Crippen LogP contribution in [-0.4, -0.2) is 21.1 Å². The molecule has 2 aromatic heterocycles. The zero-order valence-electron chi connectivity index (χ0n) is 13.1. The minimum absolute atomic E-state index is 0.846. The predicted molar refractivity (Wildman–Crippen MR) is 82.3 cm³/mol. The maximum atomic E-state index is 4.74. The minimum atomic E-state index is 0.846. The Kier molecular flexibility index (Phi) is 4.55. The number of aryl methyl sites for hydroxylation is 3. The van der Waals surface area contributed by atoms with Crippen molar-refractivity contribution >= 4 is 0 Å². The average molecular weight is 272 g/mol. The molecule has 0 aromatic carbocycles. The van der Waals surface area contributed by atoms with Crippen LogP contribution in [0, 0.1) is 27.7 Å². The fourth-order valence-electron chi connectivity index (χ4n) is 2.36. The molecule has 0 radical (unpaired) electrons. The van der Waals surface area contributed by atoms with Crippen LogP contribution in [-0.2, 0) is 6.54 Å². The summed E-state index contributed by atoms with van der Waals surface area (Å²) in [4.78, 5) is 9.13. The Labute approximate surface area is 121 Å². The molecule has 0 aliphatic carbocycles. The second-order valence-corrected chi connectivity index (χ2v) is 5.34. The first-order valence-electron chi connectivity index (χ1n) is 7.23. The number of hydrogen-bond acceptors (Lipinski definition) is 3. The lowest BCUT2D eigenvalue weighted by Gasteiger charge is -2.15. The van der Waals surface area contributed by atoms with Gasteiger partial charge < -0.3 is 5.32 Å². The number of nitrogens with one attached hydrogen (secondary N) is 1. The standard InChI is InChI=1S/C16H24N4/c1-6-7-17-9-15-11(2)8-12(3)19-16(15)20-10-18-13(4)14(20)5/h8,10,17H,6-7,9H2,1-5H3. The molecule has 0 amide bonds. The molecular weight excluding hydrogens is 248 g/mol. The Morgan fingerprint density at radius 3 is 2.55 bits per heavy atom. The van der Waals surface area contributed by atoms with Crippen molar-refractivity contribution in [3.8, 4) is 5.82 Å². The van der Waals surface area contributed by atoms with Crippen LogP contribution in [0.15, 0.2) is 12.4 Å². The Morgan fingerprint density at radius 2 is 1.95 bits per heavy atom. The molecule has 2 aromatic rings. The van der Waals surface area contributed by atoms with E-state index in [2.05, 4.69) is 41.7 Å². The van der Waals surface area contributed by atoms with Gasteiger partial charge in [0.1, 0.15) is 12.1 Å². The van der Waals surface area contributed by atoms with Gasteiger partial charge in [0.15, 0.2) is 0 Å². The molecule has 0 aliphatic heterocycles. The quantitative estimate of drug-likeness (QED) is 0.851. The van der Waals surface area contributed by atoms with E-state index in [1.54, 1.807) is 0 Å². The van der Waals surface area contributed by atoms with Gasteiger partial charge in [-0.1, -0.05) is 6.92 Å². The van der Waals surface area contributed by atoms with Gasteiger partial charge in [-0.2, -0.15) is 0 Å². The lowest BCUT2D eigenvalue weighted by molar-refractivity contribution is 0.666. The maximum absolute atomic E-state index is 4.74. The molecule has 2 rings (SSSR count). The van der Waals surface area contributed by atoms with Crippen LogP contribution in [0.3, 0.4) is 0 Å². The predicted octanol–water partition coefficient (Wildman–Crippen LogP) is 3.00. The summed E-state index contributed by atoms with van der Waals surface area (Å²) in [5, 5.41) is 3.47. The summed E-state index contributed by atoms with van der Waals surface area (Å²) >= 11 is 0. The van der Waals surface area contributed by atoms with Crippen molar-refractivity contribution in [3.63, 3.8) is 0 Å². The van der Waals surface area contributed by atoms with E-state index in [1.807, 2.05) is 20.2 Å². The molecule has 108 valence electrons. The lowest BCUT2D eigenvalue weighted by atomic mass is 10.1. The van der Waals surface area contributed by atoms with Crippen LogP contribution in [0.25, 0.3) is 5.82 Å². The van der Waals surface area contributed by atoms with E-state index < -0.39 is 0 Å². The molecule has 2 heterocycles. The Balaban J connectivity index is 2.47. The highest BCUT2D eigenvalue weighted by molar-refractivity contribution is 5.43. The largest absolute Gasteiger partial charge is 0.313 e. The summed E-state index contributed by atoms with van der Waals surface area (Å²) < 4.78 is 2.10. The molecule has 0 fully saturated rings. The molecule has 4 heteroatoms. The highest BCUT2D eigenvalue weighted by atomic mass is 15.1. The van der Waals surface area contributed by atoms with E-state index >= 15 is 0 Å². The third-order valence-corrected chi connectivity index (χ3v) is 3.66. The SMILES string of the molecule is CCCNCc1c(C)cc(C)nc1-n1cnc(C)c1C. The molecule has 0 saturated heterocycles. The van der Waals surface area contributed by atoms with Gasteiger partial charge in [0.05, 0.1) is 5.69 Å². The third kappa shape index (κ3) is 2.90. The van der Waals surface area contributed by atoms with Gasteiger partial charge in [-0.15, -0.1) is 0 Å². The normalized spacial score (nSPS) is 11.1. The maximum Gasteiger partial charge on any atom is 0.143 e. The van der Waals surface area contributed by atoms with Gasteiger partial charge in [-0.3, -0.25) is 4.57 Å². The van der Waals surface area contributed by atoms with Gasteiger partial charge >= 0.3 is 0 Å². The first-order chi connectivity index (χ1) is 9.54. The van der Waals surface area contributed by atoms with E-state index in [4.69, 9.17) is 4.98 Å². The number of pyridine rings is 1. The average Bonchev–Trinajstić information content (AvgIpc) is 2.72. The molecule has 0 aliphatic rings. The molecule has 0 unspecified atom stereocenters. The molecule has 0 spiro atoms. The molecular formula is C16H24N4. The molecule has 20 heavy (non-hydrogen) atoms. The first-order valence-corrected chi connectivity index (χ1v) is 7.23. The fourth-order valence-corrected chi connectivity index (χ4v) is 2.36. The minimum Gasteiger partial charge on any atom is -0.313 e. The van der Waals surface area contributed by atoms with Gasteiger partial charge in [0.25, 0.3) is 0 Å². The van der Waals surface area contributed by atoms with Gasteiger partial charge in [-0.05, 0) is 52.3 Å². The van der Waals surface area contributed by atoms with Crippen molar-refractivity contribution in [2.75, 3.05) is 6.54 Å². The summed E-state index contributed by atoms with van der Waals surface area (Å²) in [7, 11) is 0. The molecule has 0 bridgehead atoms. The Hall–Kier alpha value is -1.68. The van der Waals surface area contributed by atoms with Gasteiger partial charge in [0.2, 0.25) is 0 Å². The second kappa shape index (κ2) is 6.18. The van der Waals surface area contributed by atoms with Crippen LogP contribution < -0.4 is 5.32 Å². The smallest absolute Gasteiger partial charge is 0.143 e. The fraction of sp³-hybridized carbons (Fsp3) is 0.500. The highest BCUT2D eigenvalue weighted by Gasteiger charge is 2.13. The van der Waals surface area contributed by atoms with Crippen LogP contribution in [0.5, 0.6) is 0 Å². The van der Waals surface area contributed by atoms with Crippen molar-refractivity contribution in [3.05, 3.63) is 40.6 Å². The van der Waals surface area contributed by atoms with E-state index in [-0.39, 0.29) is 0 Å². The topological polar surface area (TPSA) is 42.7 Å². The number of hydrogen-bond donors (Lipinski definition) is 1. The monoisotopic (exact) mass is 272 g/mol. The van der Waals surface area contributed by atoms with Gasteiger partial charge in [-0.25, -0.2) is 9.97 Å². The number of rotatable bonds is 5. The van der Waals surface area contributed by atoms with E-state index in [0.29, 0.717) is 0 Å². The Morgan fingerprint density at radius 1 is 1.20 bits per heavy atom. The number of nitrogens with zero attached hydrogens (tertiary/aromatic N) is 3. The van der Waals surface area contributed by atoms with Crippen molar-refractivity contribution in [2.24, 2.45) is 0 Å². The van der Waals surface area contributed by atoms with Crippen molar-refractivity contribution < 1.29 is 0 Å². The van der Waals surface area contributed by atoms with Crippen molar-refractivity contribution in [1.29, 1.82) is 0 Å². The van der Waals surface area contributed by atoms with Crippen LogP contribution in [0.4, 0.5) is 0 Å². The van der Waals surface area contributed by atoms with Crippen LogP contribution in [0.1, 0.15) is 41.6 Å². The van der Waals surface area contributed by atoms with Crippen LogP contribution >= 0.6 is 0 Å². The van der Waals surface area contributed by atoms with Crippen molar-refractivity contribution in [2.45, 2.75) is 47.6 Å². The Bertz CT molecular complexity index is 599. The summed E-state index contributed by atoms with van der Waals surface area (Å²) in [6.45, 7) is 12.4. The number of imidazole rings is 1. The van der Waals surface area contributed by atoms with Gasteiger partial charge in [0, 0.05) is 23.5 Å². The summed E-state index contributed by atoms with van der Waals surface area (Å²) in [6.07, 6.45) is 3.01. The molecule has 4 nitrogen and oxygen atoms in total. The van der Waals surface area contributed by atoms with E-state index in [1.165, 1.54) is 11.1 Å². The van der Waals surface area contributed by atoms with E-state index in [9.17, 15) is 0 Å². The summed E-state index contributed by atoms with van der Waals surface area (Å²) in [5.74, 6) is 1.00. The van der Waals surface area contributed by atoms with E-state index in [0.717, 1.165) is 42.4 Å². The number of aromatic nitrogens is 3. The second-order valence-electron chi connectivity index (χ2n) is 5.34. The molecule has 1 N–H and O–H groups in total. The summed E-state index contributed by atoms with van der Waals surface area (Å²) in [6, 6.07) is 2.14. The molecule has 0 saturated carbocycles. The van der Waals surface area contributed by atoms with Crippen molar-refractivity contribution in [1.82, 2.24) is 19.9 Å². The first kappa shape index (κ1) is 14.7. The molecule has 0 atom stereocenters. The zero-order chi connectivity index (χ0) is 14.7. The summed E-state index contributed by atoms with van der Waals surface area (Å²) in [5.41, 5.74) is 5.78. The van der Waals surface area contributed by atoms with Crippen LogP contribution in [0.2, 0.25) is 0 Å². The lowest BCUT2D eigenvalue weighted by Crippen LogP contribution is -2.18. The third-order valence-electron chi connectivity index (χ3n) is 3.66. The zero-order valence-corrected chi connectivity index (χ0v) is 13.1. The highest BCUT2D eigenvalue weighted by Crippen LogP contribution is 2.20.